The molecule has 2 aromatic heterocycles. The van der Waals surface area contributed by atoms with Crippen molar-refractivity contribution in [3.63, 3.8) is 0 Å². The quantitative estimate of drug-likeness (QED) is 0.204. The Hall–Kier alpha value is -3.57. The predicted octanol–water partition coefficient (Wildman–Crippen LogP) is 20.2. The molecule has 0 saturated carbocycles. The van der Waals surface area contributed by atoms with Gasteiger partial charge in [-0.05, 0) is 192 Å². The molecule has 0 aliphatic carbocycles. The second-order valence-corrected chi connectivity index (χ2v) is 32.5. The second kappa shape index (κ2) is 37.1. The highest BCUT2D eigenvalue weighted by Crippen LogP contribution is 2.32. The average molecular weight is 1150 g/mol. The third kappa shape index (κ3) is 46.8. The molecule has 7 nitrogen and oxygen atoms in total. The van der Waals surface area contributed by atoms with Gasteiger partial charge in [-0.25, -0.2) is 13.2 Å². The van der Waals surface area contributed by atoms with Gasteiger partial charge in [-0.2, -0.15) is 5.10 Å². The Morgan fingerprint density at radius 3 is 1.26 bits per heavy atom. The Bertz CT molecular complexity index is 2160. The summed E-state index contributed by atoms with van der Waals surface area (Å²) in [6.07, 6.45) is 10.9. The number of halogens is 3. The maximum Gasteiger partial charge on any atom is 0.141 e. The largest absolute Gasteiger partial charge is 0.385 e. The molecule has 82 heavy (non-hydrogen) atoms. The molecule has 1 atom stereocenters. The van der Waals surface area contributed by atoms with Crippen molar-refractivity contribution in [1.29, 1.82) is 0 Å². The number of hydrogen-bond donors (Lipinski definition) is 0. The van der Waals surface area contributed by atoms with Crippen molar-refractivity contribution in [2.45, 2.75) is 253 Å². The number of aryl methyl sites for hydroxylation is 1. The van der Waals surface area contributed by atoms with Gasteiger partial charge in [0.15, 0.2) is 0 Å². The monoisotopic (exact) mass is 1150 g/mol. The van der Waals surface area contributed by atoms with Gasteiger partial charge in [0.05, 0.1) is 6.20 Å². The SMILES string of the molecule is CC(C)(C)C.CC(C)(C)C1CCOC1.CC(C)(C)Cc1ccc(F)cc1.CC(C)(C)N1CCCC1.CC(C)(C)c1ccc(F)cc1.CC(C)(C)c1cncc(F)c1.CN(C)C(C)(C)C.COCCC(C)(C)C.Cn1nccc1C(C)(C)C. The minimum Gasteiger partial charge on any atom is -0.385 e. The lowest BCUT2D eigenvalue weighted by Gasteiger charge is -2.31. The van der Waals surface area contributed by atoms with Gasteiger partial charge in [0.25, 0.3) is 0 Å². The number of methoxy groups -OCH3 is 1. The van der Waals surface area contributed by atoms with Gasteiger partial charge in [-0.1, -0.05) is 177 Å². The summed E-state index contributed by atoms with van der Waals surface area (Å²) in [5.41, 5.74) is 7.28. The maximum absolute atomic E-state index is 12.6. The summed E-state index contributed by atoms with van der Waals surface area (Å²) >= 11 is 0. The summed E-state index contributed by atoms with van der Waals surface area (Å²) in [6.45, 7) is 66.6. The number of aromatic nitrogens is 3. The average Bonchev–Trinajstić information content (AvgIpc) is 4.11. The molecule has 0 radical (unpaired) electrons. The van der Waals surface area contributed by atoms with E-state index in [0.717, 1.165) is 44.1 Å². The molecule has 2 fully saturated rings. The first kappa shape index (κ1) is 82.6. The van der Waals surface area contributed by atoms with Gasteiger partial charge in [-0.15, -0.1) is 0 Å². The van der Waals surface area contributed by atoms with Crippen molar-refractivity contribution in [1.82, 2.24) is 24.6 Å². The molecule has 2 aliphatic heterocycles. The lowest BCUT2D eigenvalue weighted by Crippen LogP contribution is -2.38. The zero-order valence-corrected chi connectivity index (χ0v) is 59.3. The highest BCUT2D eigenvalue weighted by molar-refractivity contribution is 5.23. The fourth-order valence-electron chi connectivity index (χ4n) is 7.11. The number of likely N-dealkylation sites (tertiary alicyclic amines) is 1. The van der Waals surface area contributed by atoms with Crippen LogP contribution in [0.2, 0.25) is 0 Å². The van der Waals surface area contributed by atoms with Crippen molar-refractivity contribution < 1.29 is 22.6 Å². The molecule has 0 spiro atoms. The minimum absolute atomic E-state index is 0.0188. The fraction of sp³-hybridized carbons (Fsp3) is 0.722. The zero-order chi connectivity index (χ0) is 64.9. The van der Waals surface area contributed by atoms with Crippen LogP contribution in [0.15, 0.2) is 79.3 Å². The standard InChI is InChI=1S/C11H15F.C10H13F.C9H12FN.C8H14N2.C8H17N.C8H16O.C7H16O.C6H15N.C5H12/c1-11(2,3)8-9-4-6-10(12)7-5-9;1-10(2,3)8-4-6-9(11)7-5-8;1-9(2,3)7-4-8(10)6-11-5-7;1-8(2,3)7-5-6-9-10(7)4;1-8(2,3)9-6-4-5-7-9;1-8(2,3)7-4-5-9-6-7;1-7(2,3)5-6-8-4;1-6(2,3)7(4)5;1-5(2,3)4/h4-7H,8H2,1-3H3;4-7H,1-3H3;4-6H,1-3H3;5-6H,1-4H3;4-7H2,1-3H3;7H,4-6H2,1-3H3;5-6H2,1-4H3;1-5H3;1-4H3. The van der Waals surface area contributed by atoms with Crippen LogP contribution in [-0.4, -0.2) is 89.8 Å². The zero-order valence-electron chi connectivity index (χ0n) is 59.3. The van der Waals surface area contributed by atoms with E-state index < -0.39 is 0 Å². The van der Waals surface area contributed by atoms with Crippen LogP contribution in [0.4, 0.5) is 13.2 Å². The molecule has 2 saturated heterocycles. The number of ether oxygens (including phenoxy) is 2. The number of nitrogens with zero attached hydrogens (tertiary/aromatic N) is 5. The third-order valence-corrected chi connectivity index (χ3v) is 13.1. The Balaban J connectivity index is -0.000000864. The molecule has 10 heteroatoms. The topological polar surface area (TPSA) is 55.6 Å². The van der Waals surface area contributed by atoms with E-state index >= 15 is 0 Å². The fourth-order valence-corrected chi connectivity index (χ4v) is 7.11. The third-order valence-electron chi connectivity index (χ3n) is 13.1. The number of benzene rings is 2. The summed E-state index contributed by atoms with van der Waals surface area (Å²) in [6, 6.07) is 17.0. The minimum atomic E-state index is -0.266. The van der Waals surface area contributed by atoms with Crippen molar-refractivity contribution in [2.24, 2.45) is 34.6 Å². The molecule has 4 aromatic rings. The molecular formula is C72H130F3N5O2. The summed E-state index contributed by atoms with van der Waals surface area (Å²) in [5.74, 6) is 0.195. The van der Waals surface area contributed by atoms with E-state index in [1.165, 1.54) is 85.7 Å². The molecule has 476 valence electrons. The lowest BCUT2D eigenvalue weighted by molar-refractivity contribution is 0.152. The summed E-state index contributed by atoms with van der Waals surface area (Å²) in [5, 5.41) is 4.10. The van der Waals surface area contributed by atoms with E-state index in [-0.39, 0.29) is 39.1 Å². The molecule has 0 amide bonds. The van der Waals surface area contributed by atoms with E-state index in [1.807, 2.05) is 63.0 Å². The number of pyridine rings is 1. The van der Waals surface area contributed by atoms with Gasteiger partial charge in [0.1, 0.15) is 17.5 Å². The summed E-state index contributed by atoms with van der Waals surface area (Å²) in [7, 11) is 7.88. The molecule has 0 N–H and O–H groups in total. The van der Waals surface area contributed by atoms with E-state index in [2.05, 4.69) is 213 Å². The highest BCUT2D eigenvalue weighted by Gasteiger charge is 2.28. The van der Waals surface area contributed by atoms with E-state index in [9.17, 15) is 13.2 Å². The normalized spacial score (nSPS) is 15.0. The molecule has 0 bridgehead atoms. The Kier molecular flexibility index (Phi) is 37.4. The van der Waals surface area contributed by atoms with Crippen molar-refractivity contribution in [2.75, 3.05) is 54.1 Å². The second-order valence-electron chi connectivity index (χ2n) is 32.5. The van der Waals surface area contributed by atoms with E-state index in [1.54, 1.807) is 13.3 Å². The smallest absolute Gasteiger partial charge is 0.141 e. The van der Waals surface area contributed by atoms with Crippen LogP contribution < -0.4 is 0 Å². The highest BCUT2D eigenvalue weighted by atomic mass is 19.1. The van der Waals surface area contributed by atoms with Gasteiger partial charge in [-0.3, -0.25) is 14.6 Å². The van der Waals surface area contributed by atoms with E-state index in [0.29, 0.717) is 27.3 Å². The van der Waals surface area contributed by atoms with Crippen LogP contribution in [0.1, 0.15) is 242 Å². The van der Waals surface area contributed by atoms with Crippen LogP contribution in [0.5, 0.6) is 0 Å². The van der Waals surface area contributed by atoms with Crippen molar-refractivity contribution in [3.8, 4) is 0 Å². The molecular weight excluding hydrogens is 1020 g/mol. The number of rotatable bonds is 3. The van der Waals surface area contributed by atoms with Crippen molar-refractivity contribution >= 4 is 0 Å². The van der Waals surface area contributed by atoms with E-state index in [4.69, 9.17) is 9.47 Å². The van der Waals surface area contributed by atoms with Gasteiger partial charge in [0.2, 0.25) is 0 Å². The Labute approximate surface area is 506 Å². The van der Waals surface area contributed by atoms with Crippen LogP contribution in [-0.2, 0) is 39.2 Å². The van der Waals surface area contributed by atoms with Crippen LogP contribution in [0, 0.1) is 45.0 Å². The predicted molar refractivity (Wildman–Crippen MR) is 353 cm³/mol. The Morgan fingerprint density at radius 1 is 0.585 bits per heavy atom. The van der Waals surface area contributed by atoms with Crippen LogP contribution >= 0.6 is 0 Å². The molecule has 4 heterocycles. The first-order chi connectivity index (χ1) is 36.7. The molecule has 2 aliphatic rings. The van der Waals surface area contributed by atoms with Crippen molar-refractivity contribution in [3.05, 3.63) is 119 Å². The van der Waals surface area contributed by atoms with Gasteiger partial charge in [0, 0.05) is 68.6 Å². The van der Waals surface area contributed by atoms with Gasteiger partial charge >= 0.3 is 0 Å². The molecule has 1 unspecified atom stereocenters. The summed E-state index contributed by atoms with van der Waals surface area (Å²) < 4.78 is 49.7. The van der Waals surface area contributed by atoms with Crippen LogP contribution in [0.25, 0.3) is 0 Å². The van der Waals surface area contributed by atoms with Crippen LogP contribution in [0.3, 0.4) is 0 Å². The first-order valence-corrected chi connectivity index (χ1v) is 30.3. The molecule has 6 rings (SSSR count). The first-order valence-electron chi connectivity index (χ1n) is 30.3. The number of hydrogen-bond acceptors (Lipinski definition) is 6. The molecule has 2 aromatic carbocycles. The summed E-state index contributed by atoms with van der Waals surface area (Å²) in [4.78, 5) is 8.51. The lowest BCUT2D eigenvalue weighted by atomic mass is 9.80. The maximum atomic E-state index is 12.6. The Morgan fingerprint density at radius 2 is 1.02 bits per heavy atom. The van der Waals surface area contributed by atoms with Gasteiger partial charge < -0.3 is 14.4 Å².